The van der Waals surface area contributed by atoms with Crippen molar-refractivity contribution in [2.24, 2.45) is 10.8 Å². The van der Waals surface area contributed by atoms with Gasteiger partial charge in [0.1, 0.15) is 0 Å². The minimum absolute atomic E-state index is 0.202. The van der Waals surface area contributed by atoms with Crippen LogP contribution >= 0.6 is 17.0 Å². The Labute approximate surface area is 265 Å². The molecular formula is C34H35Cl2F6SiZr. The fourth-order valence-corrected chi connectivity index (χ4v) is 36.1. The van der Waals surface area contributed by atoms with Gasteiger partial charge in [-0.3, -0.25) is 0 Å². The van der Waals surface area contributed by atoms with Crippen molar-refractivity contribution in [2.75, 3.05) is 0 Å². The summed E-state index contributed by atoms with van der Waals surface area (Å²) < 4.78 is 86.8. The Hall–Kier alpha value is -1.70. The minimum atomic E-state index is -6.38. The Bertz CT molecular complexity index is 1570. The first-order chi connectivity index (χ1) is 19.9. The maximum atomic E-state index is 15.0. The molecule has 0 saturated heterocycles. The second kappa shape index (κ2) is 11.2. The molecule has 0 amide bonds. The molecule has 0 aliphatic heterocycles. The summed E-state index contributed by atoms with van der Waals surface area (Å²) in [5.74, 6) is 9.43. The van der Waals surface area contributed by atoms with E-state index in [1.165, 1.54) is 12.1 Å². The number of fused-ring (bicyclic) bond motifs is 2. The summed E-state index contributed by atoms with van der Waals surface area (Å²) in [6, 6.07) is 9.45. The van der Waals surface area contributed by atoms with Gasteiger partial charge in [0, 0.05) is 0 Å². The third-order valence-electron chi connectivity index (χ3n) is 8.13. The SMILES string of the molecule is C[SiH](C)[Zr]([Cl])([Cl])([CH]1C(C(F)(F)F)=Cc2c(C#CC(C)(C)C)cccc21)[CH]1C(C(F)(F)F)=Cc2c(C#CC(C)(C)C)cccc21. The van der Waals surface area contributed by atoms with Gasteiger partial charge in [-0.05, 0) is 0 Å². The number of benzene rings is 2. The van der Waals surface area contributed by atoms with Gasteiger partial charge in [-0.15, -0.1) is 0 Å². The second-order valence-electron chi connectivity index (χ2n) is 14.1. The number of hydrogen-bond acceptors (Lipinski definition) is 0. The van der Waals surface area contributed by atoms with Crippen molar-refractivity contribution in [1.29, 1.82) is 0 Å². The average molecular weight is 748 g/mol. The van der Waals surface area contributed by atoms with Gasteiger partial charge in [-0.2, -0.15) is 0 Å². The molecule has 0 nitrogen and oxygen atoms in total. The maximum absolute atomic E-state index is 15.0. The zero-order chi connectivity index (χ0) is 33.3. The molecule has 235 valence electrons. The molecule has 0 aromatic heterocycles. The predicted molar refractivity (Wildman–Crippen MR) is 170 cm³/mol. The number of hydrogen-bond donors (Lipinski definition) is 0. The van der Waals surface area contributed by atoms with E-state index in [0.717, 1.165) is 12.2 Å². The molecule has 2 aliphatic carbocycles. The Morgan fingerprint density at radius 2 is 0.977 bits per heavy atom. The Morgan fingerprint density at radius 3 is 1.25 bits per heavy atom. The van der Waals surface area contributed by atoms with E-state index in [4.69, 9.17) is 17.0 Å². The van der Waals surface area contributed by atoms with Gasteiger partial charge in [0.25, 0.3) is 0 Å². The molecule has 0 fully saturated rings. The third-order valence-corrected chi connectivity index (χ3v) is 59.7. The number of alkyl halides is 6. The molecule has 2 aliphatic rings. The summed E-state index contributed by atoms with van der Waals surface area (Å²) in [6.45, 7) is 14.7. The molecule has 0 N–H and O–H groups in total. The average Bonchev–Trinajstić information content (AvgIpc) is 3.46. The topological polar surface area (TPSA) is 0 Å². The summed E-state index contributed by atoms with van der Waals surface area (Å²) in [5.41, 5.74) is -1.29. The van der Waals surface area contributed by atoms with Crippen molar-refractivity contribution >= 4 is 35.1 Å². The molecule has 2 aromatic carbocycles. The quantitative estimate of drug-likeness (QED) is 0.167. The van der Waals surface area contributed by atoms with Crippen molar-refractivity contribution in [3.8, 4) is 23.7 Å². The molecular weight excluding hydrogens is 713 g/mol. The van der Waals surface area contributed by atoms with E-state index in [1.54, 1.807) is 37.4 Å². The van der Waals surface area contributed by atoms with Gasteiger partial charge in [0.2, 0.25) is 0 Å². The van der Waals surface area contributed by atoms with Crippen LogP contribution in [0.25, 0.3) is 12.2 Å². The van der Waals surface area contributed by atoms with Crippen LogP contribution in [-0.4, -0.2) is 18.3 Å². The summed E-state index contributed by atoms with van der Waals surface area (Å²) >= 11 is -6.38. The molecule has 0 saturated carbocycles. The standard InChI is InChI=1S/2C16H14F3.C2H7Si.2ClH.Zr/c2*1-15(2,3)8-7-11-5-4-6-12-9-13(10-14(11)12)16(17,18)19;1-3-2;;;/h2*4-6,9-10H,1-3H3;3H,1-2H3;2*1H;/q;;;;;+2/p-2. The van der Waals surface area contributed by atoms with E-state index >= 15 is 26.3 Å². The first-order valence-corrected chi connectivity index (χ1v) is 30.6. The van der Waals surface area contributed by atoms with Crippen LogP contribution in [0.5, 0.6) is 0 Å². The van der Waals surface area contributed by atoms with Crippen molar-refractivity contribution < 1.29 is 41.9 Å². The second-order valence-corrected chi connectivity index (χ2v) is 56.6. The summed E-state index contributed by atoms with van der Waals surface area (Å²) in [6.07, 6.45) is -7.74. The molecule has 44 heavy (non-hydrogen) atoms. The number of rotatable bonds is 3. The van der Waals surface area contributed by atoms with Gasteiger partial charge in [0.05, 0.1) is 0 Å². The van der Waals surface area contributed by atoms with Crippen LogP contribution < -0.4 is 0 Å². The Balaban J connectivity index is 2.10. The van der Waals surface area contributed by atoms with Gasteiger partial charge < -0.3 is 0 Å². The molecule has 0 spiro atoms. The van der Waals surface area contributed by atoms with Crippen molar-refractivity contribution in [1.82, 2.24) is 0 Å². The summed E-state index contributed by atoms with van der Waals surface area (Å²) in [4.78, 5) is 0. The molecule has 4 rings (SSSR count). The van der Waals surface area contributed by atoms with E-state index in [9.17, 15) is 0 Å². The molecule has 0 bridgehead atoms. The van der Waals surface area contributed by atoms with Crippen molar-refractivity contribution in [3.05, 3.63) is 80.9 Å². The molecule has 10 heteroatoms. The molecule has 0 radical (unpaired) electrons. The predicted octanol–water partition coefficient (Wildman–Crippen LogP) is 11.2. The molecule has 2 unspecified atom stereocenters. The van der Waals surface area contributed by atoms with Crippen LogP contribution in [0.4, 0.5) is 26.3 Å². The fourth-order valence-electron chi connectivity index (χ4n) is 6.04. The fraction of sp³-hybridized carbons (Fsp3) is 0.412. The van der Waals surface area contributed by atoms with E-state index in [1.807, 2.05) is 41.5 Å². The van der Waals surface area contributed by atoms with Crippen LogP contribution in [0.15, 0.2) is 47.5 Å². The third kappa shape index (κ3) is 6.44. The molecule has 2 aromatic rings. The van der Waals surface area contributed by atoms with Gasteiger partial charge in [0.15, 0.2) is 0 Å². The molecule has 2 atom stereocenters. The zero-order valence-electron chi connectivity index (χ0n) is 25.9. The monoisotopic (exact) mass is 745 g/mol. The van der Waals surface area contributed by atoms with E-state index in [0.29, 0.717) is 11.1 Å². The van der Waals surface area contributed by atoms with Gasteiger partial charge in [-0.1, -0.05) is 0 Å². The number of allylic oxidation sites excluding steroid dienone is 2. The first kappa shape index (κ1) is 35.2. The Kier molecular flexibility index (Phi) is 8.97. The van der Waals surface area contributed by atoms with Crippen LogP contribution in [0.1, 0.15) is 82.2 Å². The van der Waals surface area contributed by atoms with Crippen LogP contribution in [-0.2, 0) is 15.6 Å². The van der Waals surface area contributed by atoms with Crippen LogP contribution in [0, 0.1) is 34.5 Å². The van der Waals surface area contributed by atoms with E-state index in [-0.39, 0.29) is 22.3 Å². The van der Waals surface area contributed by atoms with Gasteiger partial charge in [-0.25, -0.2) is 0 Å². The van der Waals surface area contributed by atoms with E-state index in [2.05, 4.69) is 23.7 Å². The summed E-state index contributed by atoms with van der Waals surface area (Å²) in [5, 5.41) is 0. The van der Waals surface area contributed by atoms with Gasteiger partial charge >= 0.3 is 267 Å². The normalized spacial score (nSPS) is 19.5. The zero-order valence-corrected chi connectivity index (χ0v) is 31.0. The van der Waals surface area contributed by atoms with Crippen LogP contribution in [0.3, 0.4) is 0 Å². The molecule has 0 heterocycles. The number of halogens is 8. The first-order valence-electron chi connectivity index (χ1n) is 14.3. The van der Waals surface area contributed by atoms with Crippen molar-refractivity contribution in [2.45, 2.75) is 74.2 Å². The summed E-state index contributed by atoms with van der Waals surface area (Å²) in [7, 11) is 15.4. The van der Waals surface area contributed by atoms with Crippen LogP contribution in [0.2, 0.25) is 13.1 Å². The van der Waals surface area contributed by atoms with Crippen molar-refractivity contribution in [3.63, 3.8) is 0 Å². The van der Waals surface area contributed by atoms with E-state index < -0.39 is 63.1 Å². The Morgan fingerprint density at radius 1 is 0.636 bits per heavy atom.